The Labute approximate surface area is 206 Å². The molecule has 4 rings (SSSR count). The fourth-order valence-corrected chi connectivity index (χ4v) is 4.23. The number of pyridine rings is 1. The lowest BCUT2D eigenvalue weighted by atomic mass is 10.1. The van der Waals surface area contributed by atoms with Crippen molar-refractivity contribution in [1.82, 2.24) is 15.3 Å². The van der Waals surface area contributed by atoms with E-state index in [2.05, 4.69) is 25.9 Å². The summed E-state index contributed by atoms with van der Waals surface area (Å²) in [6.45, 7) is 3.78. The second-order valence-electron chi connectivity index (χ2n) is 7.87. The van der Waals surface area contributed by atoms with Crippen LogP contribution in [0.15, 0.2) is 54.7 Å². The summed E-state index contributed by atoms with van der Waals surface area (Å²) in [4.78, 5) is 47.5. The Morgan fingerprint density at radius 3 is 2.51 bits per heavy atom. The standard InChI is InChI=1S/C25H24N6O3S/c1-14-5-6-16(23(32)29-17-7-8-22-20(12-17)28-15(2)35-22)11-19(14)30-25(34)31(4)18-9-10-27-21(13-18)24(33)26-3/h5-13H,1-4H3,(H,26,33)(H,29,32)(H,30,34). The lowest BCUT2D eigenvalue weighted by Crippen LogP contribution is -2.32. The number of aromatic nitrogens is 2. The van der Waals surface area contributed by atoms with Gasteiger partial charge in [0.25, 0.3) is 11.8 Å². The maximum Gasteiger partial charge on any atom is 0.326 e. The molecule has 0 unspecified atom stereocenters. The smallest absolute Gasteiger partial charge is 0.326 e. The van der Waals surface area contributed by atoms with Gasteiger partial charge in [-0.15, -0.1) is 11.3 Å². The largest absolute Gasteiger partial charge is 0.354 e. The van der Waals surface area contributed by atoms with Gasteiger partial charge in [0, 0.05) is 42.9 Å². The molecule has 4 amide bonds. The van der Waals surface area contributed by atoms with E-state index in [1.165, 1.54) is 24.2 Å². The van der Waals surface area contributed by atoms with Crippen molar-refractivity contribution in [2.75, 3.05) is 29.6 Å². The summed E-state index contributed by atoms with van der Waals surface area (Å²) in [6, 6.07) is 13.4. The molecule has 35 heavy (non-hydrogen) atoms. The Bertz CT molecular complexity index is 1450. The minimum Gasteiger partial charge on any atom is -0.354 e. The number of carbonyl (C=O) groups excluding carboxylic acids is 3. The van der Waals surface area contributed by atoms with Gasteiger partial charge in [-0.25, -0.2) is 9.78 Å². The average Bonchev–Trinajstić information content (AvgIpc) is 3.23. The molecule has 0 atom stereocenters. The Kier molecular flexibility index (Phi) is 6.74. The van der Waals surface area contributed by atoms with Crippen LogP contribution in [0.25, 0.3) is 10.2 Å². The summed E-state index contributed by atoms with van der Waals surface area (Å²) in [6.07, 6.45) is 1.46. The zero-order chi connectivity index (χ0) is 25.1. The molecular weight excluding hydrogens is 464 g/mol. The van der Waals surface area contributed by atoms with E-state index >= 15 is 0 Å². The summed E-state index contributed by atoms with van der Waals surface area (Å²) in [5.41, 5.74) is 3.86. The van der Waals surface area contributed by atoms with Gasteiger partial charge in [0.1, 0.15) is 5.69 Å². The van der Waals surface area contributed by atoms with Crippen molar-refractivity contribution >= 4 is 56.5 Å². The maximum absolute atomic E-state index is 12.9. The Balaban J connectivity index is 1.49. The van der Waals surface area contributed by atoms with Crippen LogP contribution in [0.4, 0.5) is 21.9 Å². The van der Waals surface area contributed by atoms with Crippen molar-refractivity contribution in [3.63, 3.8) is 0 Å². The van der Waals surface area contributed by atoms with Crippen molar-refractivity contribution in [2.45, 2.75) is 13.8 Å². The zero-order valence-electron chi connectivity index (χ0n) is 19.7. The third kappa shape index (κ3) is 5.28. The molecule has 10 heteroatoms. The number of hydrogen-bond donors (Lipinski definition) is 3. The second kappa shape index (κ2) is 9.90. The zero-order valence-corrected chi connectivity index (χ0v) is 20.5. The minimum absolute atomic E-state index is 0.200. The van der Waals surface area contributed by atoms with E-state index in [9.17, 15) is 14.4 Å². The quantitative estimate of drug-likeness (QED) is 0.380. The first-order valence-electron chi connectivity index (χ1n) is 10.8. The number of carbonyl (C=O) groups is 3. The number of thiazole rings is 1. The van der Waals surface area contributed by atoms with Crippen molar-refractivity contribution < 1.29 is 14.4 Å². The van der Waals surface area contributed by atoms with E-state index in [1.54, 1.807) is 42.6 Å². The summed E-state index contributed by atoms with van der Waals surface area (Å²) in [5.74, 6) is -0.649. The fraction of sp³-hybridized carbons (Fsp3) is 0.160. The molecule has 4 aromatic rings. The van der Waals surface area contributed by atoms with Crippen molar-refractivity contribution in [2.24, 2.45) is 0 Å². The number of rotatable bonds is 5. The highest BCUT2D eigenvalue weighted by atomic mass is 32.1. The Morgan fingerprint density at radius 2 is 1.74 bits per heavy atom. The molecule has 2 heterocycles. The number of hydrogen-bond acceptors (Lipinski definition) is 6. The SMILES string of the molecule is CNC(=O)c1cc(N(C)C(=O)Nc2cc(C(=O)Nc3ccc4sc(C)nc4c3)ccc2C)ccn1. The van der Waals surface area contributed by atoms with Crippen LogP contribution in [-0.4, -0.2) is 41.9 Å². The second-order valence-corrected chi connectivity index (χ2v) is 9.10. The first-order valence-corrected chi connectivity index (χ1v) is 11.6. The number of aryl methyl sites for hydroxylation is 2. The van der Waals surface area contributed by atoms with Gasteiger partial charge in [0.2, 0.25) is 0 Å². The Hall–Kier alpha value is -4.31. The minimum atomic E-state index is -0.427. The number of anilines is 3. The lowest BCUT2D eigenvalue weighted by Gasteiger charge is -2.19. The number of fused-ring (bicyclic) bond motifs is 1. The van der Waals surface area contributed by atoms with Crippen LogP contribution in [0.3, 0.4) is 0 Å². The predicted molar refractivity (Wildman–Crippen MR) is 139 cm³/mol. The van der Waals surface area contributed by atoms with Crippen LogP contribution in [0, 0.1) is 13.8 Å². The normalized spacial score (nSPS) is 10.6. The molecule has 0 spiro atoms. The molecule has 0 fully saturated rings. The number of nitrogens with zero attached hydrogens (tertiary/aromatic N) is 3. The van der Waals surface area contributed by atoms with Crippen molar-refractivity contribution in [1.29, 1.82) is 0 Å². The van der Waals surface area contributed by atoms with Crippen LogP contribution < -0.4 is 20.9 Å². The monoisotopic (exact) mass is 488 g/mol. The molecule has 0 aliphatic heterocycles. The highest BCUT2D eigenvalue weighted by molar-refractivity contribution is 7.18. The Morgan fingerprint density at radius 1 is 0.943 bits per heavy atom. The fourth-order valence-electron chi connectivity index (χ4n) is 3.42. The van der Waals surface area contributed by atoms with Crippen molar-refractivity contribution in [3.8, 4) is 0 Å². The first-order chi connectivity index (χ1) is 16.7. The van der Waals surface area contributed by atoms with E-state index in [4.69, 9.17) is 0 Å². The molecule has 0 aliphatic carbocycles. The first kappa shape index (κ1) is 23.8. The van der Waals surface area contributed by atoms with Gasteiger partial charge in [0.15, 0.2) is 0 Å². The number of amides is 4. The molecular formula is C25H24N6O3S. The molecule has 2 aromatic heterocycles. The molecule has 0 saturated carbocycles. The van der Waals surface area contributed by atoms with Crippen LogP contribution in [-0.2, 0) is 0 Å². The van der Waals surface area contributed by atoms with Gasteiger partial charge < -0.3 is 16.0 Å². The van der Waals surface area contributed by atoms with E-state index in [0.717, 1.165) is 20.8 Å². The summed E-state index contributed by atoms with van der Waals surface area (Å²) in [5, 5.41) is 9.19. The third-order valence-electron chi connectivity index (χ3n) is 5.39. The molecule has 0 bridgehead atoms. The highest BCUT2D eigenvalue weighted by Gasteiger charge is 2.16. The van der Waals surface area contributed by atoms with Gasteiger partial charge in [-0.2, -0.15) is 0 Å². The van der Waals surface area contributed by atoms with Crippen LogP contribution >= 0.6 is 11.3 Å². The third-order valence-corrected chi connectivity index (χ3v) is 6.34. The molecule has 0 saturated heterocycles. The van der Waals surface area contributed by atoms with Crippen molar-refractivity contribution in [3.05, 3.63) is 76.6 Å². The van der Waals surface area contributed by atoms with Gasteiger partial charge in [-0.3, -0.25) is 19.5 Å². The van der Waals surface area contributed by atoms with Gasteiger partial charge in [-0.05, 0) is 61.9 Å². The van der Waals surface area contributed by atoms with Crippen LogP contribution in [0.2, 0.25) is 0 Å². The van der Waals surface area contributed by atoms with Crippen LogP contribution in [0.1, 0.15) is 31.4 Å². The molecule has 3 N–H and O–H groups in total. The average molecular weight is 489 g/mol. The van der Waals surface area contributed by atoms with Gasteiger partial charge in [-0.1, -0.05) is 6.07 Å². The van der Waals surface area contributed by atoms with Gasteiger partial charge in [0.05, 0.1) is 15.2 Å². The van der Waals surface area contributed by atoms with Crippen LogP contribution in [0.5, 0.6) is 0 Å². The molecule has 2 aromatic carbocycles. The number of urea groups is 1. The maximum atomic E-state index is 12.9. The number of benzene rings is 2. The molecule has 9 nitrogen and oxygen atoms in total. The van der Waals surface area contributed by atoms with E-state index in [0.29, 0.717) is 22.6 Å². The molecule has 0 radical (unpaired) electrons. The summed E-state index contributed by atoms with van der Waals surface area (Å²) < 4.78 is 1.06. The molecule has 178 valence electrons. The van der Waals surface area contributed by atoms with Gasteiger partial charge >= 0.3 is 6.03 Å². The lowest BCUT2D eigenvalue weighted by molar-refractivity contribution is 0.0957. The predicted octanol–water partition coefficient (Wildman–Crippen LogP) is 4.59. The summed E-state index contributed by atoms with van der Waals surface area (Å²) in [7, 11) is 3.10. The number of nitrogens with one attached hydrogen (secondary N) is 3. The van der Waals surface area contributed by atoms with E-state index in [-0.39, 0.29) is 17.5 Å². The molecule has 0 aliphatic rings. The summed E-state index contributed by atoms with van der Waals surface area (Å²) >= 11 is 1.60. The van der Waals surface area contributed by atoms with E-state index in [1.807, 2.05) is 32.0 Å². The van der Waals surface area contributed by atoms with E-state index < -0.39 is 6.03 Å². The highest BCUT2D eigenvalue weighted by Crippen LogP contribution is 2.25. The topological polar surface area (TPSA) is 116 Å².